The van der Waals surface area contributed by atoms with Crippen LogP contribution >= 0.6 is 0 Å². The van der Waals surface area contributed by atoms with Crippen molar-refractivity contribution in [3.8, 4) is 0 Å². The fourth-order valence-electron chi connectivity index (χ4n) is 3.04. The second-order valence-electron chi connectivity index (χ2n) is 6.72. The van der Waals surface area contributed by atoms with Crippen molar-refractivity contribution in [2.45, 2.75) is 64.4 Å². The zero-order valence-corrected chi connectivity index (χ0v) is 13.4. The molecule has 1 aliphatic carbocycles. The van der Waals surface area contributed by atoms with Crippen molar-refractivity contribution in [1.29, 1.82) is 0 Å². The first kappa shape index (κ1) is 15.9. The number of rotatable bonds is 4. The van der Waals surface area contributed by atoms with Crippen molar-refractivity contribution in [1.82, 2.24) is 0 Å². The molecule has 1 aromatic carbocycles. The third kappa shape index (κ3) is 3.78. The number of anilines is 1. The van der Waals surface area contributed by atoms with E-state index < -0.39 is 5.41 Å². The van der Waals surface area contributed by atoms with Gasteiger partial charge in [0.25, 0.3) is 0 Å². The normalized spacial score (nSPS) is 22.8. The predicted molar refractivity (Wildman–Crippen MR) is 86.0 cm³/mol. The molecule has 116 valence electrons. The molecule has 2 unspecified atom stereocenters. The first-order chi connectivity index (χ1) is 9.93. The van der Waals surface area contributed by atoms with Gasteiger partial charge in [0.2, 0.25) is 0 Å². The molecule has 1 aliphatic rings. The summed E-state index contributed by atoms with van der Waals surface area (Å²) in [4.78, 5) is 12.6. The molecule has 0 bridgehead atoms. The number of esters is 1. The molecule has 0 aromatic heterocycles. The van der Waals surface area contributed by atoms with Crippen molar-refractivity contribution in [3.05, 3.63) is 29.8 Å². The Kier molecular flexibility index (Phi) is 4.92. The number of hydrogen-bond donors (Lipinski definition) is 1. The van der Waals surface area contributed by atoms with Crippen molar-refractivity contribution < 1.29 is 9.53 Å². The number of ether oxygens (including phenoxy) is 1. The summed E-state index contributed by atoms with van der Waals surface area (Å²) in [5, 5.41) is 0. The minimum atomic E-state index is -0.632. The average Bonchev–Trinajstić information content (AvgIpc) is 2.48. The van der Waals surface area contributed by atoms with Gasteiger partial charge in [0.05, 0.1) is 5.41 Å². The fraction of sp³-hybridized carbons (Fsp3) is 0.611. The molecule has 3 heteroatoms. The SMILES string of the molecule is CCC1CCCC(OC(=O)C(C)(C)c2ccc(N)cc2)C1. The van der Waals surface area contributed by atoms with E-state index in [1.165, 1.54) is 19.3 Å². The Labute approximate surface area is 127 Å². The van der Waals surface area contributed by atoms with E-state index in [4.69, 9.17) is 10.5 Å². The van der Waals surface area contributed by atoms with E-state index in [0.717, 1.165) is 18.4 Å². The van der Waals surface area contributed by atoms with Gasteiger partial charge in [-0.1, -0.05) is 31.9 Å². The summed E-state index contributed by atoms with van der Waals surface area (Å²) in [6.45, 7) is 6.05. The Morgan fingerprint density at radius 2 is 1.95 bits per heavy atom. The molecule has 21 heavy (non-hydrogen) atoms. The van der Waals surface area contributed by atoms with Crippen LogP contribution in [0.1, 0.15) is 58.4 Å². The van der Waals surface area contributed by atoms with E-state index in [1.54, 1.807) is 0 Å². The van der Waals surface area contributed by atoms with Crippen LogP contribution < -0.4 is 5.73 Å². The molecule has 2 rings (SSSR count). The van der Waals surface area contributed by atoms with Gasteiger partial charge in [-0.25, -0.2) is 0 Å². The summed E-state index contributed by atoms with van der Waals surface area (Å²) in [6, 6.07) is 7.48. The maximum absolute atomic E-state index is 12.6. The molecule has 0 amide bonds. The van der Waals surface area contributed by atoms with E-state index >= 15 is 0 Å². The molecule has 1 saturated carbocycles. The van der Waals surface area contributed by atoms with E-state index in [-0.39, 0.29) is 12.1 Å². The van der Waals surface area contributed by atoms with E-state index in [1.807, 2.05) is 38.1 Å². The standard InChI is InChI=1S/C18H27NO2/c1-4-13-6-5-7-16(12-13)21-17(20)18(2,3)14-8-10-15(19)11-9-14/h8-11,13,16H,4-7,12,19H2,1-3H3. The molecule has 0 radical (unpaired) electrons. The van der Waals surface area contributed by atoms with Crippen LogP contribution in [0, 0.1) is 5.92 Å². The molecule has 2 atom stereocenters. The molecular formula is C18H27NO2. The first-order valence-corrected chi connectivity index (χ1v) is 8.00. The van der Waals surface area contributed by atoms with Crippen LogP contribution in [0.25, 0.3) is 0 Å². The topological polar surface area (TPSA) is 52.3 Å². The maximum Gasteiger partial charge on any atom is 0.316 e. The predicted octanol–water partition coefficient (Wildman–Crippen LogP) is 4.06. The maximum atomic E-state index is 12.6. The molecule has 0 aliphatic heterocycles. The second-order valence-corrected chi connectivity index (χ2v) is 6.72. The largest absolute Gasteiger partial charge is 0.462 e. The van der Waals surface area contributed by atoms with Gasteiger partial charge in [-0.2, -0.15) is 0 Å². The summed E-state index contributed by atoms with van der Waals surface area (Å²) >= 11 is 0. The molecule has 1 aromatic rings. The van der Waals surface area contributed by atoms with Crippen LogP contribution in [0.2, 0.25) is 0 Å². The molecule has 1 fully saturated rings. The Morgan fingerprint density at radius 3 is 2.57 bits per heavy atom. The molecular weight excluding hydrogens is 262 g/mol. The van der Waals surface area contributed by atoms with E-state index in [0.29, 0.717) is 11.6 Å². The number of benzene rings is 1. The fourth-order valence-corrected chi connectivity index (χ4v) is 3.04. The molecule has 0 saturated heterocycles. The van der Waals surface area contributed by atoms with Crippen LogP contribution in [0.15, 0.2) is 24.3 Å². The Hall–Kier alpha value is -1.51. The van der Waals surface area contributed by atoms with Gasteiger partial charge in [0.15, 0.2) is 0 Å². The number of hydrogen-bond acceptors (Lipinski definition) is 3. The van der Waals surface area contributed by atoms with Crippen LogP contribution in [0.4, 0.5) is 5.69 Å². The highest BCUT2D eigenvalue weighted by molar-refractivity contribution is 5.82. The van der Waals surface area contributed by atoms with Crippen molar-refractivity contribution in [2.24, 2.45) is 5.92 Å². The highest BCUT2D eigenvalue weighted by Crippen LogP contribution is 2.31. The van der Waals surface area contributed by atoms with E-state index in [9.17, 15) is 4.79 Å². The number of nitrogens with two attached hydrogens (primary N) is 1. The molecule has 0 heterocycles. The lowest BCUT2D eigenvalue weighted by atomic mass is 9.83. The van der Waals surface area contributed by atoms with Crippen molar-refractivity contribution in [2.75, 3.05) is 5.73 Å². The number of nitrogen functional groups attached to an aromatic ring is 1. The van der Waals surface area contributed by atoms with Gasteiger partial charge in [0.1, 0.15) is 6.10 Å². The first-order valence-electron chi connectivity index (χ1n) is 8.00. The third-order valence-corrected chi connectivity index (χ3v) is 4.73. The minimum Gasteiger partial charge on any atom is -0.462 e. The lowest BCUT2D eigenvalue weighted by Gasteiger charge is -2.31. The monoisotopic (exact) mass is 289 g/mol. The third-order valence-electron chi connectivity index (χ3n) is 4.73. The van der Waals surface area contributed by atoms with Crippen LogP contribution in [0.5, 0.6) is 0 Å². The minimum absolute atomic E-state index is 0.0873. The average molecular weight is 289 g/mol. The van der Waals surface area contributed by atoms with Crippen LogP contribution in [-0.4, -0.2) is 12.1 Å². The van der Waals surface area contributed by atoms with Crippen molar-refractivity contribution >= 4 is 11.7 Å². The second kappa shape index (κ2) is 6.50. The van der Waals surface area contributed by atoms with Gasteiger partial charge in [-0.3, -0.25) is 4.79 Å². The molecule has 3 nitrogen and oxygen atoms in total. The van der Waals surface area contributed by atoms with Gasteiger partial charge < -0.3 is 10.5 Å². The van der Waals surface area contributed by atoms with Gasteiger partial charge in [-0.05, 0) is 56.7 Å². The summed E-state index contributed by atoms with van der Waals surface area (Å²) in [5.74, 6) is 0.574. The number of carbonyl (C=O) groups is 1. The van der Waals surface area contributed by atoms with Gasteiger partial charge in [-0.15, -0.1) is 0 Å². The van der Waals surface area contributed by atoms with E-state index in [2.05, 4.69) is 6.92 Å². The number of carbonyl (C=O) groups excluding carboxylic acids is 1. The Balaban J connectivity index is 2.02. The van der Waals surface area contributed by atoms with Crippen molar-refractivity contribution in [3.63, 3.8) is 0 Å². The summed E-state index contributed by atoms with van der Waals surface area (Å²) in [5.41, 5.74) is 6.74. The smallest absolute Gasteiger partial charge is 0.316 e. The van der Waals surface area contributed by atoms with Gasteiger partial charge >= 0.3 is 5.97 Å². The highest BCUT2D eigenvalue weighted by atomic mass is 16.5. The van der Waals surface area contributed by atoms with Gasteiger partial charge in [0, 0.05) is 5.69 Å². The van der Waals surface area contributed by atoms with Crippen LogP contribution in [-0.2, 0) is 14.9 Å². The summed E-state index contributed by atoms with van der Waals surface area (Å²) in [7, 11) is 0. The summed E-state index contributed by atoms with van der Waals surface area (Å²) < 4.78 is 5.80. The Bertz CT molecular complexity index is 478. The zero-order valence-electron chi connectivity index (χ0n) is 13.4. The van der Waals surface area contributed by atoms with Crippen LogP contribution in [0.3, 0.4) is 0 Å². The Morgan fingerprint density at radius 1 is 1.29 bits per heavy atom. The quantitative estimate of drug-likeness (QED) is 0.672. The lowest BCUT2D eigenvalue weighted by Crippen LogP contribution is -2.35. The summed E-state index contributed by atoms with van der Waals surface area (Å²) in [6.07, 6.45) is 5.71. The molecule has 2 N–H and O–H groups in total. The molecule has 0 spiro atoms. The lowest BCUT2D eigenvalue weighted by molar-refractivity contribution is -0.157. The zero-order chi connectivity index (χ0) is 15.5. The highest BCUT2D eigenvalue weighted by Gasteiger charge is 2.34.